The Bertz CT molecular complexity index is 266. The summed E-state index contributed by atoms with van der Waals surface area (Å²) in [6, 6.07) is 8.38. The molecule has 13 heavy (non-hydrogen) atoms. The van der Waals surface area contributed by atoms with Crippen molar-refractivity contribution < 1.29 is 0 Å². The predicted octanol–water partition coefficient (Wildman–Crippen LogP) is 3.24. The van der Waals surface area contributed by atoms with Crippen LogP contribution in [0.4, 0.5) is 5.69 Å². The minimum Gasteiger partial charge on any atom is -0.385 e. The molecule has 1 heteroatoms. The van der Waals surface area contributed by atoms with Crippen molar-refractivity contribution in [1.29, 1.82) is 0 Å². The molecule has 0 spiro atoms. The van der Waals surface area contributed by atoms with Gasteiger partial charge < -0.3 is 5.32 Å². The SMILES string of the molecule is C=CCc1ccccc1NCCC. The standard InChI is InChI=1S/C12H17N/c1-3-7-11-8-5-6-9-12(11)13-10-4-2/h3,5-6,8-9,13H,1,4,7,10H2,2H3. The second-order valence-electron chi connectivity index (χ2n) is 3.08. The van der Waals surface area contributed by atoms with Crippen molar-refractivity contribution >= 4 is 5.69 Å². The Kier molecular flexibility index (Phi) is 4.10. The Morgan fingerprint density at radius 2 is 2.15 bits per heavy atom. The number of anilines is 1. The van der Waals surface area contributed by atoms with Gasteiger partial charge in [-0.05, 0) is 24.5 Å². The molecule has 0 aromatic heterocycles. The Morgan fingerprint density at radius 1 is 1.38 bits per heavy atom. The zero-order chi connectivity index (χ0) is 9.52. The maximum Gasteiger partial charge on any atom is 0.0375 e. The number of benzene rings is 1. The van der Waals surface area contributed by atoms with Gasteiger partial charge in [0.15, 0.2) is 0 Å². The Morgan fingerprint density at radius 3 is 2.85 bits per heavy atom. The molecule has 0 radical (unpaired) electrons. The minimum atomic E-state index is 0.937. The van der Waals surface area contributed by atoms with E-state index in [9.17, 15) is 0 Å². The average molecular weight is 175 g/mol. The van der Waals surface area contributed by atoms with Crippen LogP contribution in [0, 0.1) is 0 Å². The fourth-order valence-corrected chi connectivity index (χ4v) is 1.29. The van der Waals surface area contributed by atoms with Gasteiger partial charge in [-0.15, -0.1) is 6.58 Å². The van der Waals surface area contributed by atoms with Gasteiger partial charge in [0, 0.05) is 12.2 Å². The van der Waals surface area contributed by atoms with Crippen LogP contribution >= 0.6 is 0 Å². The summed E-state index contributed by atoms with van der Waals surface area (Å²) in [5, 5.41) is 3.40. The zero-order valence-corrected chi connectivity index (χ0v) is 8.22. The molecular weight excluding hydrogens is 158 g/mol. The van der Waals surface area contributed by atoms with Crippen LogP contribution in [-0.2, 0) is 6.42 Å². The number of nitrogens with one attached hydrogen (secondary N) is 1. The lowest BCUT2D eigenvalue weighted by atomic mass is 10.1. The van der Waals surface area contributed by atoms with Crippen LogP contribution in [-0.4, -0.2) is 6.54 Å². The maximum atomic E-state index is 3.75. The topological polar surface area (TPSA) is 12.0 Å². The lowest BCUT2D eigenvalue weighted by molar-refractivity contribution is 0.975. The first kappa shape index (κ1) is 9.85. The summed E-state index contributed by atoms with van der Waals surface area (Å²) in [7, 11) is 0. The molecule has 0 heterocycles. The Hall–Kier alpha value is -1.24. The molecule has 0 aliphatic heterocycles. The quantitative estimate of drug-likeness (QED) is 0.677. The summed E-state index contributed by atoms with van der Waals surface area (Å²) in [5.41, 5.74) is 2.57. The van der Waals surface area contributed by atoms with Gasteiger partial charge in [-0.3, -0.25) is 0 Å². The molecule has 0 unspecified atom stereocenters. The first-order valence-corrected chi connectivity index (χ1v) is 4.81. The van der Waals surface area contributed by atoms with E-state index in [2.05, 4.69) is 43.1 Å². The molecule has 0 fully saturated rings. The lowest BCUT2D eigenvalue weighted by Crippen LogP contribution is -2.02. The second kappa shape index (κ2) is 5.41. The van der Waals surface area contributed by atoms with Crippen LogP contribution < -0.4 is 5.32 Å². The highest BCUT2D eigenvalue weighted by atomic mass is 14.9. The lowest BCUT2D eigenvalue weighted by Gasteiger charge is -2.09. The number of hydrogen-bond acceptors (Lipinski definition) is 1. The largest absolute Gasteiger partial charge is 0.385 e. The molecule has 1 aromatic carbocycles. The number of allylic oxidation sites excluding steroid dienone is 1. The molecule has 1 nitrogen and oxygen atoms in total. The molecule has 0 bridgehead atoms. The third-order valence-electron chi connectivity index (χ3n) is 1.95. The molecule has 0 saturated carbocycles. The first-order valence-electron chi connectivity index (χ1n) is 4.81. The van der Waals surface area contributed by atoms with Crippen molar-refractivity contribution in [1.82, 2.24) is 0 Å². The van der Waals surface area contributed by atoms with Crippen molar-refractivity contribution in [3.8, 4) is 0 Å². The van der Waals surface area contributed by atoms with Gasteiger partial charge in [0.25, 0.3) is 0 Å². The van der Waals surface area contributed by atoms with Crippen LogP contribution in [0.25, 0.3) is 0 Å². The van der Waals surface area contributed by atoms with E-state index >= 15 is 0 Å². The molecule has 1 N–H and O–H groups in total. The smallest absolute Gasteiger partial charge is 0.0375 e. The Labute approximate surface area is 80.5 Å². The van der Waals surface area contributed by atoms with Crippen molar-refractivity contribution in [2.24, 2.45) is 0 Å². The van der Waals surface area contributed by atoms with E-state index < -0.39 is 0 Å². The van der Waals surface area contributed by atoms with E-state index in [-0.39, 0.29) is 0 Å². The zero-order valence-electron chi connectivity index (χ0n) is 8.22. The van der Waals surface area contributed by atoms with Gasteiger partial charge in [0.2, 0.25) is 0 Å². The summed E-state index contributed by atoms with van der Waals surface area (Å²) >= 11 is 0. The molecule has 0 amide bonds. The minimum absolute atomic E-state index is 0.937. The van der Waals surface area contributed by atoms with Crippen LogP contribution in [0.2, 0.25) is 0 Å². The van der Waals surface area contributed by atoms with Crippen molar-refractivity contribution in [3.05, 3.63) is 42.5 Å². The fraction of sp³-hybridized carbons (Fsp3) is 0.333. The first-order chi connectivity index (χ1) is 6.38. The van der Waals surface area contributed by atoms with Crippen molar-refractivity contribution in [2.75, 3.05) is 11.9 Å². The number of hydrogen-bond donors (Lipinski definition) is 1. The van der Waals surface area contributed by atoms with Gasteiger partial charge in [-0.2, -0.15) is 0 Å². The summed E-state index contributed by atoms with van der Waals surface area (Å²) < 4.78 is 0. The van der Waals surface area contributed by atoms with Crippen LogP contribution in [0.3, 0.4) is 0 Å². The van der Waals surface area contributed by atoms with Crippen molar-refractivity contribution in [3.63, 3.8) is 0 Å². The highest BCUT2D eigenvalue weighted by Crippen LogP contribution is 2.15. The second-order valence-corrected chi connectivity index (χ2v) is 3.08. The molecular formula is C12H17N. The van der Waals surface area contributed by atoms with E-state index in [0.29, 0.717) is 0 Å². The van der Waals surface area contributed by atoms with Crippen molar-refractivity contribution in [2.45, 2.75) is 19.8 Å². The van der Waals surface area contributed by atoms with E-state index in [4.69, 9.17) is 0 Å². The van der Waals surface area contributed by atoms with Crippen LogP contribution in [0.15, 0.2) is 36.9 Å². The molecule has 0 aliphatic rings. The van der Waals surface area contributed by atoms with Gasteiger partial charge in [-0.25, -0.2) is 0 Å². The third kappa shape index (κ3) is 2.94. The number of para-hydroxylation sites is 1. The highest BCUT2D eigenvalue weighted by Gasteiger charge is 1.97. The normalized spacial score (nSPS) is 9.62. The molecule has 70 valence electrons. The predicted molar refractivity (Wildman–Crippen MR) is 59.1 cm³/mol. The molecule has 1 aromatic rings. The van der Waals surface area contributed by atoms with Gasteiger partial charge >= 0.3 is 0 Å². The van der Waals surface area contributed by atoms with Gasteiger partial charge in [0.05, 0.1) is 0 Å². The van der Waals surface area contributed by atoms with Crippen LogP contribution in [0.1, 0.15) is 18.9 Å². The van der Waals surface area contributed by atoms with Crippen LogP contribution in [0.5, 0.6) is 0 Å². The van der Waals surface area contributed by atoms with Gasteiger partial charge in [-0.1, -0.05) is 31.2 Å². The molecule has 0 saturated heterocycles. The monoisotopic (exact) mass is 175 g/mol. The summed E-state index contributed by atoms with van der Waals surface area (Å²) in [4.78, 5) is 0. The molecule has 1 rings (SSSR count). The van der Waals surface area contributed by atoms with E-state index in [0.717, 1.165) is 19.4 Å². The van der Waals surface area contributed by atoms with E-state index in [1.807, 2.05) is 6.08 Å². The third-order valence-corrected chi connectivity index (χ3v) is 1.95. The Balaban J connectivity index is 2.71. The van der Waals surface area contributed by atoms with Gasteiger partial charge in [0.1, 0.15) is 0 Å². The van der Waals surface area contributed by atoms with E-state index in [1.165, 1.54) is 11.3 Å². The number of rotatable bonds is 5. The maximum absolute atomic E-state index is 3.75. The summed E-state index contributed by atoms with van der Waals surface area (Å²) in [6.45, 7) is 6.96. The fourth-order valence-electron chi connectivity index (χ4n) is 1.29. The molecule has 0 aliphatic carbocycles. The summed E-state index contributed by atoms with van der Waals surface area (Å²) in [5.74, 6) is 0. The molecule has 0 atom stereocenters. The average Bonchev–Trinajstić information content (AvgIpc) is 2.17. The summed E-state index contributed by atoms with van der Waals surface area (Å²) in [6.07, 6.45) is 4.03. The van der Waals surface area contributed by atoms with E-state index in [1.54, 1.807) is 0 Å². The highest BCUT2D eigenvalue weighted by molar-refractivity contribution is 5.51.